The van der Waals surface area contributed by atoms with E-state index in [1.807, 2.05) is 36.4 Å². The summed E-state index contributed by atoms with van der Waals surface area (Å²) in [5.41, 5.74) is 1.79. The molecule has 1 saturated carbocycles. The second-order valence-corrected chi connectivity index (χ2v) is 9.66. The fourth-order valence-electron chi connectivity index (χ4n) is 4.89. The van der Waals surface area contributed by atoms with Gasteiger partial charge in [-0.05, 0) is 55.0 Å². The molecule has 0 aromatic heterocycles. The van der Waals surface area contributed by atoms with E-state index in [9.17, 15) is 14.4 Å². The predicted molar refractivity (Wildman–Crippen MR) is 141 cm³/mol. The van der Waals surface area contributed by atoms with Gasteiger partial charge in [0.1, 0.15) is 5.54 Å². The molecule has 0 N–H and O–H groups in total. The fourth-order valence-corrected chi connectivity index (χ4v) is 5.18. The van der Waals surface area contributed by atoms with Crippen LogP contribution < -0.4 is 0 Å². The third kappa shape index (κ3) is 5.86. The van der Waals surface area contributed by atoms with E-state index in [1.54, 1.807) is 42.5 Å². The fraction of sp³-hybridized carbons (Fsp3) is 0.300. The first-order valence-corrected chi connectivity index (χ1v) is 12.8. The Bertz CT molecular complexity index is 1280. The summed E-state index contributed by atoms with van der Waals surface area (Å²) in [6.07, 6.45) is 1.03. The van der Waals surface area contributed by atoms with Crippen molar-refractivity contribution < 1.29 is 23.9 Å². The molecule has 1 unspecified atom stereocenters. The molecule has 37 heavy (non-hydrogen) atoms. The summed E-state index contributed by atoms with van der Waals surface area (Å²) in [6, 6.07) is 24.1. The van der Waals surface area contributed by atoms with E-state index in [4.69, 9.17) is 21.1 Å². The summed E-state index contributed by atoms with van der Waals surface area (Å²) in [7, 11) is 1.52. The van der Waals surface area contributed by atoms with Crippen LogP contribution in [0.3, 0.4) is 0 Å². The third-order valence-electron chi connectivity index (χ3n) is 6.77. The van der Waals surface area contributed by atoms with E-state index in [2.05, 4.69) is 0 Å². The van der Waals surface area contributed by atoms with Crippen molar-refractivity contribution in [3.05, 3.63) is 106 Å². The number of ether oxygens (including phenoxy) is 2. The standard InChI is InChI=1S/C30H30ClNO5/c1-21(36-28(34)24-14-10-13-23(20-24)19-22-11-4-3-5-12-22)37-29(35)32(2)30(18-9-8-17-27(30)33)25-15-6-7-16-26(25)31/h3-7,10-16,20-21H,8-9,17-19H2,1-2H3/t21?,30-/m0/s1. The van der Waals surface area contributed by atoms with Gasteiger partial charge in [0.25, 0.3) is 0 Å². The summed E-state index contributed by atoms with van der Waals surface area (Å²) < 4.78 is 10.9. The molecule has 1 fully saturated rings. The molecule has 1 aliphatic carbocycles. The monoisotopic (exact) mass is 519 g/mol. The van der Waals surface area contributed by atoms with E-state index < -0.39 is 23.9 Å². The number of carbonyl (C=O) groups excluding carboxylic acids is 3. The number of amides is 1. The number of esters is 1. The first-order chi connectivity index (χ1) is 17.8. The Morgan fingerprint density at radius 3 is 2.38 bits per heavy atom. The zero-order valence-corrected chi connectivity index (χ0v) is 21.7. The highest BCUT2D eigenvalue weighted by molar-refractivity contribution is 6.31. The van der Waals surface area contributed by atoms with Crippen molar-refractivity contribution >= 4 is 29.4 Å². The number of ketones is 1. The van der Waals surface area contributed by atoms with E-state index in [1.165, 1.54) is 18.9 Å². The van der Waals surface area contributed by atoms with Crippen molar-refractivity contribution in [2.45, 2.75) is 50.9 Å². The van der Waals surface area contributed by atoms with Crippen LogP contribution in [0.4, 0.5) is 4.79 Å². The van der Waals surface area contributed by atoms with Crippen LogP contribution in [0, 0.1) is 0 Å². The Labute approximate surface area is 222 Å². The topological polar surface area (TPSA) is 72.9 Å². The molecule has 0 radical (unpaired) electrons. The lowest BCUT2D eigenvalue weighted by molar-refractivity contribution is -0.135. The second kappa shape index (κ2) is 11.6. The lowest BCUT2D eigenvalue weighted by Gasteiger charge is -2.43. The molecule has 2 atom stereocenters. The summed E-state index contributed by atoms with van der Waals surface area (Å²) in [4.78, 5) is 40.5. The minimum atomic E-state index is -1.23. The van der Waals surface area contributed by atoms with Gasteiger partial charge in [-0.15, -0.1) is 0 Å². The first-order valence-electron chi connectivity index (χ1n) is 12.4. The Balaban J connectivity index is 1.45. The van der Waals surface area contributed by atoms with Crippen molar-refractivity contribution in [1.29, 1.82) is 0 Å². The largest absolute Gasteiger partial charge is 0.422 e. The molecule has 192 valence electrons. The van der Waals surface area contributed by atoms with E-state index in [0.717, 1.165) is 24.0 Å². The molecule has 3 aromatic carbocycles. The quantitative estimate of drug-likeness (QED) is 0.262. The van der Waals surface area contributed by atoms with Crippen molar-refractivity contribution in [2.75, 3.05) is 7.05 Å². The van der Waals surface area contributed by atoms with Gasteiger partial charge in [-0.1, -0.05) is 72.3 Å². The average molecular weight is 520 g/mol. The molecule has 0 spiro atoms. The smallest absolute Gasteiger partial charge is 0.413 e. The third-order valence-corrected chi connectivity index (χ3v) is 7.10. The molecule has 3 aromatic rings. The number of hydrogen-bond acceptors (Lipinski definition) is 5. The zero-order chi connectivity index (χ0) is 26.4. The van der Waals surface area contributed by atoms with Gasteiger partial charge >= 0.3 is 12.1 Å². The van der Waals surface area contributed by atoms with Crippen LogP contribution in [-0.2, 0) is 26.2 Å². The van der Waals surface area contributed by atoms with E-state index in [0.29, 0.717) is 35.4 Å². The van der Waals surface area contributed by atoms with Crippen LogP contribution in [0.5, 0.6) is 0 Å². The number of likely N-dealkylation sites (N-methyl/N-ethyl adjacent to an activating group) is 1. The maximum atomic E-state index is 13.2. The summed E-state index contributed by atoms with van der Waals surface area (Å²) in [6.45, 7) is 1.47. The van der Waals surface area contributed by atoms with Crippen molar-refractivity contribution in [3.63, 3.8) is 0 Å². The maximum Gasteiger partial charge on any atom is 0.413 e. The van der Waals surface area contributed by atoms with Gasteiger partial charge in [-0.3, -0.25) is 9.69 Å². The minimum Gasteiger partial charge on any atom is -0.422 e. The van der Waals surface area contributed by atoms with Gasteiger partial charge in [0.05, 0.1) is 5.56 Å². The van der Waals surface area contributed by atoms with Gasteiger partial charge in [0, 0.05) is 31.0 Å². The maximum absolute atomic E-state index is 13.2. The van der Waals surface area contributed by atoms with Crippen molar-refractivity contribution in [2.24, 2.45) is 0 Å². The average Bonchev–Trinajstić information content (AvgIpc) is 2.90. The van der Waals surface area contributed by atoms with Crippen molar-refractivity contribution in [3.8, 4) is 0 Å². The number of hydrogen-bond donors (Lipinski definition) is 0. The molecule has 6 nitrogen and oxygen atoms in total. The van der Waals surface area contributed by atoms with Gasteiger partial charge in [-0.25, -0.2) is 9.59 Å². The normalized spacial score (nSPS) is 18.1. The van der Waals surface area contributed by atoms with Crippen LogP contribution in [0.2, 0.25) is 5.02 Å². The summed E-state index contributed by atoms with van der Waals surface area (Å²) >= 11 is 6.47. The number of Topliss-reactive ketones (excluding diaryl/α,β-unsaturated/α-hetero) is 1. The minimum absolute atomic E-state index is 0.0915. The molecule has 0 bridgehead atoms. The van der Waals surface area contributed by atoms with Gasteiger partial charge in [0.15, 0.2) is 5.78 Å². The van der Waals surface area contributed by atoms with Gasteiger partial charge < -0.3 is 9.47 Å². The van der Waals surface area contributed by atoms with E-state index >= 15 is 0 Å². The second-order valence-electron chi connectivity index (χ2n) is 9.25. The van der Waals surface area contributed by atoms with Gasteiger partial charge in [0.2, 0.25) is 6.29 Å². The Morgan fingerprint density at radius 1 is 0.946 bits per heavy atom. The highest BCUT2D eigenvalue weighted by Crippen LogP contribution is 2.42. The molecule has 7 heteroatoms. The number of rotatable bonds is 7. The van der Waals surface area contributed by atoms with Crippen LogP contribution in [0.15, 0.2) is 78.9 Å². The number of halogens is 1. The SMILES string of the molecule is CC(OC(=O)c1cccc(Cc2ccccc2)c1)OC(=O)N(C)[C@]1(c2ccccc2Cl)CCCCC1=O. The van der Waals surface area contributed by atoms with Crippen molar-refractivity contribution in [1.82, 2.24) is 4.90 Å². The molecular formula is C30H30ClNO5. The van der Waals surface area contributed by atoms with E-state index in [-0.39, 0.29) is 5.78 Å². The highest BCUT2D eigenvalue weighted by Gasteiger charge is 2.48. The summed E-state index contributed by atoms with van der Waals surface area (Å²) in [5, 5.41) is 0.410. The molecule has 4 rings (SSSR count). The Morgan fingerprint density at radius 2 is 1.65 bits per heavy atom. The predicted octanol–water partition coefficient (Wildman–Crippen LogP) is 6.54. The van der Waals surface area contributed by atoms with Crippen LogP contribution in [-0.4, -0.2) is 36.1 Å². The number of carbonyl (C=O) groups is 3. The Kier molecular flexibility index (Phi) is 8.29. The molecule has 0 saturated heterocycles. The lowest BCUT2D eigenvalue weighted by atomic mass is 9.74. The summed E-state index contributed by atoms with van der Waals surface area (Å²) in [5.74, 6) is -0.696. The number of benzene rings is 3. The zero-order valence-electron chi connectivity index (χ0n) is 21.0. The Hall–Kier alpha value is -3.64. The van der Waals surface area contributed by atoms with Crippen LogP contribution in [0.1, 0.15) is 59.7 Å². The lowest BCUT2D eigenvalue weighted by Crippen LogP contribution is -2.54. The molecule has 1 aliphatic rings. The molecule has 0 aliphatic heterocycles. The van der Waals surface area contributed by atoms with Gasteiger partial charge in [-0.2, -0.15) is 0 Å². The van der Waals surface area contributed by atoms with Crippen LogP contribution in [0.25, 0.3) is 0 Å². The molecular weight excluding hydrogens is 490 g/mol. The number of nitrogens with zero attached hydrogens (tertiary/aromatic N) is 1. The van der Waals surface area contributed by atoms with Crippen LogP contribution >= 0.6 is 11.6 Å². The first kappa shape index (κ1) is 26.4. The highest BCUT2D eigenvalue weighted by atomic mass is 35.5. The molecule has 0 heterocycles. The molecule has 1 amide bonds.